The molecule has 0 aliphatic heterocycles. The van der Waals surface area contributed by atoms with Gasteiger partial charge in [-0.05, 0) is 27.7 Å². The molecule has 0 radical (unpaired) electrons. The Balaban J connectivity index is 5.75. The maximum absolute atomic E-state index is 12.9. The Labute approximate surface area is 119 Å². The molecular weight excluding hydrogens is 287 g/mol. The van der Waals surface area contributed by atoms with Crippen molar-refractivity contribution in [2.24, 2.45) is 0 Å². The molecule has 0 fully saturated rings. The van der Waals surface area contributed by atoms with Crippen LogP contribution < -0.4 is 0 Å². The van der Waals surface area contributed by atoms with Crippen molar-refractivity contribution in [2.45, 2.75) is 32.9 Å². The van der Waals surface area contributed by atoms with E-state index in [0.717, 1.165) is 0 Å². The van der Waals surface area contributed by atoms with Gasteiger partial charge in [0.1, 0.15) is 6.35 Å². The molecule has 20 heavy (non-hydrogen) atoms. The van der Waals surface area contributed by atoms with E-state index in [4.69, 9.17) is 18.7 Å². The summed E-state index contributed by atoms with van der Waals surface area (Å²) in [4.78, 5) is 24.3. The minimum atomic E-state index is -3.78. The molecular formula is C12H23O7P. The summed E-state index contributed by atoms with van der Waals surface area (Å²) in [5.74, 6) is -1.88. The number of hydrogen-bond donors (Lipinski definition) is 0. The Morgan fingerprint density at radius 2 is 1.45 bits per heavy atom. The first-order valence-electron chi connectivity index (χ1n) is 6.41. The molecule has 0 heterocycles. The Bertz CT molecular complexity index is 352. The Morgan fingerprint density at radius 3 is 1.75 bits per heavy atom. The first-order chi connectivity index (χ1) is 9.33. The van der Waals surface area contributed by atoms with E-state index in [9.17, 15) is 14.2 Å². The van der Waals surface area contributed by atoms with Crippen LogP contribution in [0.4, 0.5) is 0 Å². The molecule has 0 rings (SSSR count). The fourth-order valence-electron chi connectivity index (χ4n) is 1.58. The van der Waals surface area contributed by atoms with E-state index in [1.165, 1.54) is 14.0 Å². The lowest BCUT2D eigenvalue weighted by molar-refractivity contribution is -0.158. The van der Waals surface area contributed by atoms with Crippen LogP contribution >= 0.6 is 7.37 Å². The standard InChI is InChI=1S/C12H23O7P/c1-6-17-10(13)12(4,11(14)18-7-2)20(15,9-16-5)19-8-3/h6-9H2,1-5H3. The highest BCUT2D eigenvalue weighted by molar-refractivity contribution is 7.62. The number of esters is 2. The summed E-state index contributed by atoms with van der Waals surface area (Å²) in [6.07, 6.45) is -0.380. The smallest absolute Gasteiger partial charge is 0.333 e. The Hall–Kier alpha value is -0.910. The van der Waals surface area contributed by atoms with Gasteiger partial charge in [0.05, 0.1) is 19.8 Å². The fourth-order valence-corrected chi connectivity index (χ4v) is 3.61. The van der Waals surface area contributed by atoms with Gasteiger partial charge in [0.25, 0.3) is 7.37 Å². The van der Waals surface area contributed by atoms with E-state index in [1.54, 1.807) is 20.8 Å². The molecule has 0 spiro atoms. The van der Waals surface area contributed by atoms with E-state index in [-0.39, 0.29) is 26.2 Å². The number of ether oxygens (including phenoxy) is 3. The molecule has 0 saturated carbocycles. The van der Waals surface area contributed by atoms with E-state index in [1.807, 2.05) is 0 Å². The molecule has 0 aliphatic rings. The molecule has 0 aliphatic carbocycles. The summed E-state index contributed by atoms with van der Waals surface area (Å²) in [6.45, 7) is 6.16. The van der Waals surface area contributed by atoms with E-state index < -0.39 is 24.5 Å². The van der Waals surface area contributed by atoms with Gasteiger partial charge in [0.15, 0.2) is 0 Å². The van der Waals surface area contributed by atoms with Gasteiger partial charge in [0.2, 0.25) is 5.16 Å². The zero-order valence-corrected chi connectivity index (χ0v) is 13.5. The second-order valence-corrected chi connectivity index (χ2v) is 6.78. The fraction of sp³-hybridized carbons (Fsp3) is 0.833. The summed E-state index contributed by atoms with van der Waals surface area (Å²) in [5.41, 5.74) is 0. The average Bonchev–Trinajstić information content (AvgIpc) is 2.38. The van der Waals surface area contributed by atoms with Gasteiger partial charge < -0.3 is 18.7 Å². The van der Waals surface area contributed by atoms with Crippen LogP contribution in [0.25, 0.3) is 0 Å². The summed E-state index contributed by atoms with van der Waals surface area (Å²) in [7, 11) is -2.48. The molecule has 0 saturated heterocycles. The van der Waals surface area contributed by atoms with Crippen molar-refractivity contribution in [3.05, 3.63) is 0 Å². The monoisotopic (exact) mass is 310 g/mol. The highest BCUT2D eigenvalue weighted by atomic mass is 31.2. The van der Waals surface area contributed by atoms with Gasteiger partial charge in [-0.2, -0.15) is 0 Å². The van der Waals surface area contributed by atoms with Crippen LogP contribution in [0, 0.1) is 0 Å². The van der Waals surface area contributed by atoms with Gasteiger partial charge in [-0.3, -0.25) is 14.2 Å². The molecule has 0 amide bonds. The quantitative estimate of drug-likeness (QED) is 0.364. The van der Waals surface area contributed by atoms with Crippen LogP contribution in [0.1, 0.15) is 27.7 Å². The van der Waals surface area contributed by atoms with E-state index in [0.29, 0.717) is 0 Å². The number of hydrogen-bond acceptors (Lipinski definition) is 7. The average molecular weight is 310 g/mol. The van der Waals surface area contributed by atoms with Crippen molar-refractivity contribution >= 4 is 19.3 Å². The van der Waals surface area contributed by atoms with E-state index >= 15 is 0 Å². The number of carbonyl (C=O) groups is 2. The van der Waals surface area contributed by atoms with Crippen LogP contribution in [-0.2, 0) is 32.9 Å². The molecule has 7 nitrogen and oxygen atoms in total. The zero-order chi connectivity index (χ0) is 15.8. The maximum atomic E-state index is 12.9. The minimum absolute atomic E-state index is 0.0485. The predicted molar refractivity (Wildman–Crippen MR) is 72.8 cm³/mol. The lowest BCUT2D eigenvalue weighted by Crippen LogP contribution is -2.47. The molecule has 8 heteroatoms. The van der Waals surface area contributed by atoms with Crippen molar-refractivity contribution < 1.29 is 32.9 Å². The Morgan fingerprint density at radius 1 is 1.00 bits per heavy atom. The van der Waals surface area contributed by atoms with Gasteiger partial charge in [0, 0.05) is 7.11 Å². The van der Waals surface area contributed by atoms with Crippen molar-refractivity contribution in [3.8, 4) is 0 Å². The highest BCUT2D eigenvalue weighted by Gasteiger charge is 2.60. The SMILES string of the molecule is CCOC(=O)C(C)(C(=O)OCC)P(=O)(COC)OCC. The van der Waals surface area contributed by atoms with Crippen LogP contribution in [0.3, 0.4) is 0 Å². The first-order valence-corrected chi connectivity index (χ1v) is 8.22. The summed E-state index contributed by atoms with van der Waals surface area (Å²) in [6, 6.07) is 0. The lowest BCUT2D eigenvalue weighted by atomic mass is 10.2. The van der Waals surface area contributed by atoms with Crippen molar-refractivity contribution in [2.75, 3.05) is 33.3 Å². The number of rotatable bonds is 9. The molecule has 1 atom stereocenters. The largest absolute Gasteiger partial charge is 0.465 e. The second kappa shape index (κ2) is 8.39. The second-order valence-electron chi connectivity index (χ2n) is 4.02. The lowest BCUT2D eigenvalue weighted by Gasteiger charge is -2.32. The summed E-state index contributed by atoms with van der Waals surface area (Å²) in [5, 5.41) is -2.04. The van der Waals surface area contributed by atoms with Crippen LogP contribution in [0.5, 0.6) is 0 Å². The number of methoxy groups -OCH3 is 1. The first kappa shape index (κ1) is 19.1. The van der Waals surface area contributed by atoms with Crippen molar-refractivity contribution in [3.63, 3.8) is 0 Å². The molecule has 0 aromatic carbocycles. The molecule has 0 aromatic heterocycles. The van der Waals surface area contributed by atoms with Crippen LogP contribution in [0.15, 0.2) is 0 Å². The topological polar surface area (TPSA) is 88.1 Å². The third kappa shape index (κ3) is 3.81. The zero-order valence-electron chi connectivity index (χ0n) is 12.6. The highest BCUT2D eigenvalue weighted by Crippen LogP contribution is 2.59. The normalized spacial score (nSPS) is 14.4. The minimum Gasteiger partial charge on any atom is -0.465 e. The number of carbonyl (C=O) groups excluding carboxylic acids is 2. The summed E-state index contributed by atoms with van der Waals surface area (Å²) < 4.78 is 32.7. The van der Waals surface area contributed by atoms with E-state index in [2.05, 4.69) is 0 Å². The molecule has 0 N–H and O–H groups in total. The maximum Gasteiger partial charge on any atom is 0.333 e. The van der Waals surface area contributed by atoms with Crippen molar-refractivity contribution in [1.82, 2.24) is 0 Å². The summed E-state index contributed by atoms with van der Waals surface area (Å²) >= 11 is 0. The third-order valence-corrected chi connectivity index (χ3v) is 5.67. The van der Waals surface area contributed by atoms with Gasteiger partial charge in [-0.25, -0.2) is 0 Å². The van der Waals surface area contributed by atoms with Gasteiger partial charge >= 0.3 is 11.9 Å². The van der Waals surface area contributed by atoms with Gasteiger partial charge in [-0.1, -0.05) is 0 Å². The molecule has 118 valence electrons. The molecule has 1 unspecified atom stereocenters. The van der Waals surface area contributed by atoms with Crippen LogP contribution in [-0.4, -0.2) is 50.4 Å². The predicted octanol–water partition coefficient (Wildman–Crippen LogP) is 1.79. The third-order valence-electron chi connectivity index (χ3n) is 2.66. The molecule has 0 bridgehead atoms. The van der Waals surface area contributed by atoms with Crippen LogP contribution in [0.2, 0.25) is 0 Å². The van der Waals surface area contributed by atoms with Gasteiger partial charge in [-0.15, -0.1) is 0 Å². The molecule has 0 aromatic rings. The Kier molecular flexibility index (Phi) is 8.01. The van der Waals surface area contributed by atoms with Crippen molar-refractivity contribution in [1.29, 1.82) is 0 Å².